The van der Waals surface area contributed by atoms with Crippen LogP contribution < -0.4 is 0 Å². The quantitative estimate of drug-likeness (QED) is 0.712. The number of aromatic nitrogens is 1. The van der Waals surface area contributed by atoms with Crippen LogP contribution in [0.15, 0.2) is 28.7 Å². The first-order valence-corrected chi connectivity index (χ1v) is 4.36. The fourth-order valence-electron chi connectivity index (χ4n) is 1.06. The van der Waals surface area contributed by atoms with Crippen molar-refractivity contribution >= 4 is 38.4 Å². The summed E-state index contributed by atoms with van der Waals surface area (Å²) in [6, 6.07) is 7.92. The maximum atomic E-state index is 5.76. The van der Waals surface area contributed by atoms with Gasteiger partial charge in [0.25, 0.3) is 0 Å². The van der Waals surface area contributed by atoms with Crippen molar-refractivity contribution in [2.24, 2.45) is 0 Å². The Labute approximate surface area is 77.5 Å². The number of hydrogen-bond acceptors (Lipinski definition) is 0. The normalized spacial score (nSPS) is 10.7. The Balaban J connectivity index is 2.82. The topological polar surface area (TPSA) is 15.8 Å². The van der Waals surface area contributed by atoms with Crippen LogP contribution in [0.4, 0.5) is 0 Å². The molecule has 0 unspecified atom stereocenters. The van der Waals surface area contributed by atoms with Crippen molar-refractivity contribution in [3.63, 3.8) is 0 Å². The number of fused-ring (bicyclic) bond motifs is 1. The molecule has 0 saturated carbocycles. The number of nitrogens with one attached hydrogen (secondary N) is 1. The van der Waals surface area contributed by atoms with E-state index in [1.54, 1.807) is 0 Å². The van der Waals surface area contributed by atoms with Crippen LogP contribution in [0.5, 0.6) is 0 Å². The van der Waals surface area contributed by atoms with E-state index in [-0.39, 0.29) is 0 Å². The molecule has 0 spiro atoms. The molecule has 0 bridgehead atoms. The summed E-state index contributed by atoms with van der Waals surface area (Å²) in [7, 11) is 0. The van der Waals surface area contributed by atoms with Crippen LogP contribution in [0.3, 0.4) is 0 Å². The zero-order chi connectivity index (χ0) is 7.84. The van der Waals surface area contributed by atoms with Crippen LogP contribution in [-0.2, 0) is 0 Å². The minimum atomic E-state index is 0.679. The minimum absolute atomic E-state index is 0.679. The smallest absolute Gasteiger partial charge is 0.107 e. The van der Waals surface area contributed by atoms with Gasteiger partial charge in [0, 0.05) is 15.4 Å². The molecule has 2 rings (SSSR count). The van der Waals surface area contributed by atoms with E-state index in [9.17, 15) is 0 Å². The second-order valence-corrected chi connectivity index (χ2v) is 3.67. The summed E-state index contributed by atoms with van der Waals surface area (Å²) in [5.74, 6) is 0. The van der Waals surface area contributed by atoms with Gasteiger partial charge in [-0.25, -0.2) is 0 Å². The maximum absolute atomic E-state index is 5.76. The lowest BCUT2D eigenvalue weighted by atomic mass is 10.3. The molecule has 11 heavy (non-hydrogen) atoms. The first-order valence-electron chi connectivity index (χ1n) is 3.19. The molecule has 1 aromatic carbocycles. The molecule has 0 radical (unpaired) electrons. The van der Waals surface area contributed by atoms with Gasteiger partial charge in [0.1, 0.15) is 5.15 Å². The Hall–Kier alpha value is -0.470. The number of H-pyrrole nitrogens is 1. The Morgan fingerprint density at radius 2 is 2.09 bits per heavy atom. The highest BCUT2D eigenvalue weighted by molar-refractivity contribution is 9.10. The van der Waals surface area contributed by atoms with E-state index < -0.39 is 0 Å². The van der Waals surface area contributed by atoms with Crippen molar-refractivity contribution in [3.8, 4) is 0 Å². The average Bonchev–Trinajstić information content (AvgIpc) is 2.27. The Morgan fingerprint density at radius 3 is 2.91 bits per heavy atom. The predicted molar refractivity (Wildman–Crippen MR) is 51.0 cm³/mol. The van der Waals surface area contributed by atoms with E-state index in [1.165, 1.54) is 0 Å². The van der Waals surface area contributed by atoms with Crippen LogP contribution in [0.25, 0.3) is 10.9 Å². The van der Waals surface area contributed by atoms with Crippen LogP contribution in [0.2, 0.25) is 5.15 Å². The third-order valence-electron chi connectivity index (χ3n) is 1.55. The summed E-state index contributed by atoms with van der Waals surface area (Å²) in [4.78, 5) is 3.03. The summed E-state index contributed by atoms with van der Waals surface area (Å²) in [5, 5.41) is 1.82. The van der Waals surface area contributed by atoms with Crippen LogP contribution >= 0.6 is 27.5 Å². The number of benzene rings is 1. The molecule has 3 heteroatoms. The Kier molecular flexibility index (Phi) is 1.66. The predicted octanol–water partition coefficient (Wildman–Crippen LogP) is 3.58. The van der Waals surface area contributed by atoms with E-state index >= 15 is 0 Å². The molecule has 1 aromatic heterocycles. The van der Waals surface area contributed by atoms with Gasteiger partial charge in [-0.2, -0.15) is 0 Å². The monoisotopic (exact) mass is 229 g/mol. The molecule has 1 N–H and O–H groups in total. The zero-order valence-corrected chi connectivity index (χ0v) is 7.91. The van der Waals surface area contributed by atoms with E-state index in [0.717, 1.165) is 15.4 Å². The SMILES string of the molecule is Clc1cc2ccc(Br)cc2[nH]1. The highest BCUT2D eigenvalue weighted by atomic mass is 79.9. The van der Waals surface area contributed by atoms with Gasteiger partial charge in [0.05, 0.1) is 0 Å². The van der Waals surface area contributed by atoms with Crippen molar-refractivity contribution in [1.29, 1.82) is 0 Å². The summed E-state index contributed by atoms with van der Waals surface area (Å²) in [6.07, 6.45) is 0. The van der Waals surface area contributed by atoms with Crippen molar-refractivity contribution < 1.29 is 0 Å². The summed E-state index contributed by atoms with van der Waals surface area (Å²) in [6.45, 7) is 0. The molecule has 1 nitrogen and oxygen atoms in total. The largest absolute Gasteiger partial charge is 0.346 e. The molecule has 0 aliphatic rings. The van der Waals surface area contributed by atoms with Gasteiger partial charge in [0.15, 0.2) is 0 Å². The van der Waals surface area contributed by atoms with E-state index in [4.69, 9.17) is 11.6 Å². The van der Waals surface area contributed by atoms with E-state index in [0.29, 0.717) is 5.15 Å². The van der Waals surface area contributed by atoms with Gasteiger partial charge in [0.2, 0.25) is 0 Å². The molecule has 0 amide bonds. The maximum Gasteiger partial charge on any atom is 0.107 e. The first kappa shape index (κ1) is 7.19. The first-order chi connectivity index (χ1) is 5.25. The van der Waals surface area contributed by atoms with E-state index in [2.05, 4.69) is 20.9 Å². The van der Waals surface area contributed by atoms with Crippen LogP contribution in [-0.4, -0.2) is 4.98 Å². The molecular formula is C8H5BrClN. The van der Waals surface area contributed by atoms with Gasteiger partial charge in [-0.3, -0.25) is 0 Å². The molecule has 0 fully saturated rings. The summed E-state index contributed by atoms with van der Waals surface area (Å²) >= 11 is 9.14. The minimum Gasteiger partial charge on any atom is -0.346 e. The van der Waals surface area contributed by atoms with Gasteiger partial charge in [-0.1, -0.05) is 33.6 Å². The lowest BCUT2D eigenvalue weighted by Crippen LogP contribution is -1.66. The number of rotatable bonds is 0. The number of halogens is 2. The van der Waals surface area contributed by atoms with Crippen molar-refractivity contribution in [2.45, 2.75) is 0 Å². The summed E-state index contributed by atoms with van der Waals surface area (Å²) in [5.41, 5.74) is 1.06. The standard InChI is InChI=1S/C8H5BrClN/c9-6-2-1-5-3-8(10)11-7(5)4-6/h1-4,11H. The molecule has 0 atom stereocenters. The lowest BCUT2D eigenvalue weighted by Gasteiger charge is -1.88. The average molecular weight is 230 g/mol. The second-order valence-electron chi connectivity index (χ2n) is 2.35. The highest BCUT2D eigenvalue weighted by Gasteiger charge is 1.97. The van der Waals surface area contributed by atoms with E-state index in [1.807, 2.05) is 24.3 Å². The van der Waals surface area contributed by atoms with Crippen LogP contribution in [0, 0.1) is 0 Å². The van der Waals surface area contributed by atoms with Gasteiger partial charge in [-0.05, 0) is 18.2 Å². The Bertz CT molecular complexity index is 394. The van der Waals surface area contributed by atoms with Gasteiger partial charge >= 0.3 is 0 Å². The molecule has 1 heterocycles. The third kappa shape index (κ3) is 1.28. The molecular weight excluding hydrogens is 225 g/mol. The molecule has 2 aromatic rings. The lowest BCUT2D eigenvalue weighted by molar-refractivity contribution is 1.47. The van der Waals surface area contributed by atoms with Crippen LogP contribution in [0.1, 0.15) is 0 Å². The van der Waals surface area contributed by atoms with Crippen molar-refractivity contribution in [1.82, 2.24) is 4.98 Å². The highest BCUT2D eigenvalue weighted by Crippen LogP contribution is 2.22. The fourth-order valence-corrected chi connectivity index (χ4v) is 1.64. The fraction of sp³-hybridized carbons (Fsp3) is 0. The third-order valence-corrected chi connectivity index (χ3v) is 2.25. The van der Waals surface area contributed by atoms with Crippen molar-refractivity contribution in [2.75, 3.05) is 0 Å². The number of hydrogen-bond donors (Lipinski definition) is 1. The molecule has 56 valence electrons. The second kappa shape index (κ2) is 2.54. The summed E-state index contributed by atoms with van der Waals surface area (Å²) < 4.78 is 1.06. The van der Waals surface area contributed by atoms with Gasteiger partial charge in [-0.15, -0.1) is 0 Å². The van der Waals surface area contributed by atoms with Crippen molar-refractivity contribution in [3.05, 3.63) is 33.9 Å². The Morgan fingerprint density at radius 1 is 1.27 bits per heavy atom. The molecule has 0 saturated heterocycles. The van der Waals surface area contributed by atoms with Gasteiger partial charge < -0.3 is 4.98 Å². The molecule has 0 aliphatic heterocycles. The number of aromatic amines is 1. The zero-order valence-electron chi connectivity index (χ0n) is 5.57. The molecule has 0 aliphatic carbocycles.